The molecule has 0 atom stereocenters. The Bertz CT molecular complexity index is 396. The van der Waals surface area contributed by atoms with E-state index in [0.29, 0.717) is 18.8 Å². The molecule has 0 bridgehead atoms. The number of nitrogens with one attached hydrogen (secondary N) is 2. The fourth-order valence-electron chi connectivity index (χ4n) is 1.63. The third-order valence-electron chi connectivity index (χ3n) is 2.64. The second-order valence-corrected chi connectivity index (χ2v) is 4.56. The van der Waals surface area contributed by atoms with Gasteiger partial charge in [-0.2, -0.15) is 0 Å². The number of rotatable bonds is 10. The maximum atomic E-state index is 11.9. The zero-order chi connectivity index (χ0) is 14.6. The Hall–Kier alpha value is -1.62. The summed E-state index contributed by atoms with van der Waals surface area (Å²) >= 11 is 0. The summed E-state index contributed by atoms with van der Waals surface area (Å²) < 4.78 is 5.36. The molecule has 0 spiro atoms. The molecule has 1 aromatic rings. The number of amides is 1. The van der Waals surface area contributed by atoms with E-state index in [2.05, 4.69) is 29.5 Å². The molecule has 0 aliphatic heterocycles. The van der Waals surface area contributed by atoms with E-state index in [1.165, 1.54) is 0 Å². The van der Waals surface area contributed by atoms with Crippen LogP contribution in [-0.4, -0.2) is 37.2 Å². The summed E-state index contributed by atoms with van der Waals surface area (Å²) in [5, 5.41) is 6.02. The van der Waals surface area contributed by atoms with Crippen LogP contribution in [0.25, 0.3) is 0 Å². The summed E-state index contributed by atoms with van der Waals surface area (Å²) in [6, 6.07) is 5.43. The highest BCUT2D eigenvalue weighted by molar-refractivity contribution is 5.92. The number of aromatic nitrogens is 1. The van der Waals surface area contributed by atoms with Crippen LogP contribution in [0, 0.1) is 0 Å². The largest absolute Gasteiger partial charge is 0.381 e. The molecule has 0 saturated heterocycles. The molecule has 0 fully saturated rings. The quantitative estimate of drug-likeness (QED) is 0.646. The van der Waals surface area contributed by atoms with Crippen LogP contribution in [-0.2, 0) is 4.74 Å². The molecular weight excluding hydrogens is 254 g/mol. The van der Waals surface area contributed by atoms with Crippen LogP contribution in [0.1, 0.15) is 43.6 Å². The van der Waals surface area contributed by atoms with Gasteiger partial charge in [-0.3, -0.25) is 4.79 Å². The zero-order valence-corrected chi connectivity index (χ0v) is 12.4. The molecule has 5 nitrogen and oxygen atoms in total. The first-order chi connectivity index (χ1) is 9.77. The highest BCUT2D eigenvalue weighted by Crippen LogP contribution is 2.04. The Balaban J connectivity index is 2.31. The Morgan fingerprint density at radius 2 is 2.05 bits per heavy atom. The topological polar surface area (TPSA) is 63.2 Å². The number of ether oxygens (including phenoxy) is 1. The average molecular weight is 279 g/mol. The lowest BCUT2D eigenvalue weighted by molar-refractivity contribution is 0.0936. The highest BCUT2D eigenvalue weighted by atomic mass is 16.5. The third-order valence-corrected chi connectivity index (χ3v) is 2.64. The van der Waals surface area contributed by atoms with Gasteiger partial charge >= 0.3 is 0 Å². The molecule has 1 heterocycles. The maximum absolute atomic E-state index is 11.9. The highest BCUT2D eigenvalue weighted by Gasteiger charge is 2.06. The Morgan fingerprint density at radius 3 is 2.80 bits per heavy atom. The number of hydrogen-bond acceptors (Lipinski definition) is 4. The molecule has 0 aliphatic rings. The molecule has 0 saturated carbocycles. The SMILES string of the molecule is CCCNc1cccc(C(=O)NCCCOCCC)n1. The number of anilines is 1. The van der Waals surface area contributed by atoms with Gasteiger partial charge in [0.25, 0.3) is 5.91 Å². The summed E-state index contributed by atoms with van der Waals surface area (Å²) in [5.74, 6) is 0.603. The van der Waals surface area contributed by atoms with Crippen molar-refractivity contribution in [1.29, 1.82) is 0 Å². The second-order valence-electron chi connectivity index (χ2n) is 4.56. The average Bonchev–Trinajstić information content (AvgIpc) is 2.48. The summed E-state index contributed by atoms with van der Waals surface area (Å²) in [4.78, 5) is 16.2. The van der Waals surface area contributed by atoms with Gasteiger partial charge < -0.3 is 15.4 Å². The first-order valence-corrected chi connectivity index (χ1v) is 7.34. The van der Waals surface area contributed by atoms with E-state index in [-0.39, 0.29) is 5.91 Å². The van der Waals surface area contributed by atoms with E-state index in [1.807, 2.05) is 12.1 Å². The lowest BCUT2D eigenvalue weighted by atomic mass is 10.3. The van der Waals surface area contributed by atoms with Crippen molar-refractivity contribution < 1.29 is 9.53 Å². The first-order valence-electron chi connectivity index (χ1n) is 7.34. The zero-order valence-electron chi connectivity index (χ0n) is 12.4. The van der Waals surface area contributed by atoms with Gasteiger partial charge in [-0.15, -0.1) is 0 Å². The Labute approximate surface area is 121 Å². The monoisotopic (exact) mass is 279 g/mol. The van der Waals surface area contributed by atoms with Gasteiger partial charge in [-0.05, 0) is 31.4 Å². The molecule has 0 aliphatic carbocycles. The number of pyridine rings is 1. The minimum atomic E-state index is -0.138. The Morgan fingerprint density at radius 1 is 1.20 bits per heavy atom. The van der Waals surface area contributed by atoms with Crippen LogP contribution in [0.4, 0.5) is 5.82 Å². The maximum Gasteiger partial charge on any atom is 0.269 e. The molecule has 2 N–H and O–H groups in total. The Kier molecular flexibility index (Phi) is 8.38. The van der Waals surface area contributed by atoms with Crippen LogP contribution in [0.3, 0.4) is 0 Å². The van der Waals surface area contributed by atoms with Crippen molar-refractivity contribution in [2.75, 3.05) is 31.6 Å². The molecule has 0 unspecified atom stereocenters. The molecular formula is C15H25N3O2. The standard InChI is InChI=1S/C15H25N3O2/c1-3-9-16-14-8-5-7-13(18-14)15(19)17-10-6-12-20-11-4-2/h5,7-8H,3-4,6,9-12H2,1-2H3,(H,16,18)(H,17,19). The lowest BCUT2D eigenvalue weighted by Gasteiger charge is -2.07. The fourth-order valence-corrected chi connectivity index (χ4v) is 1.63. The van der Waals surface area contributed by atoms with Crippen molar-refractivity contribution in [3.63, 3.8) is 0 Å². The number of nitrogens with zero attached hydrogens (tertiary/aromatic N) is 1. The number of carbonyl (C=O) groups is 1. The fraction of sp³-hybridized carbons (Fsp3) is 0.600. The van der Waals surface area contributed by atoms with Gasteiger partial charge in [0.1, 0.15) is 11.5 Å². The van der Waals surface area contributed by atoms with Gasteiger partial charge in [0.2, 0.25) is 0 Å². The minimum absolute atomic E-state index is 0.138. The first kappa shape index (κ1) is 16.4. The lowest BCUT2D eigenvalue weighted by Crippen LogP contribution is -2.26. The van der Waals surface area contributed by atoms with Crippen molar-refractivity contribution in [1.82, 2.24) is 10.3 Å². The summed E-state index contributed by atoms with van der Waals surface area (Å²) in [6.45, 7) is 7.08. The summed E-state index contributed by atoms with van der Waals surface area (Å²) in [5.41, 5.74) is 0.445. The predicted molar refractivity (Wildman–Crippen MR) is 81.1 cm³/mol. The molecule has 1 amide bonds. The van der Waals surface area contributed by atoms with Gasteiger partial charge in [-0.1, -0.05) is 19.9 Å². The number of hydrogen-bond donors (Lipinski definition) is 2. The van der Waals surface area contributed by atoms with E-state index in [0.717, 1.165) is 38.2 Å². The smallest absolute Gasteiger partial charge is 0.269 e. The van der Waals surface area contributed by atoms with Crippen molar-refractivity contribution in [2.24, 2.45) is 0 Å². The molecule has 5 heteroatoms. The van der Waals surface area contributed by atoms with Crippen molar-refractivity contribution in [3.8, 4) is 0 Å². The van der Waals surface area contributed by atoms with Gasteiger partial charge in [0.15, 0.2) is 0 Å². The van der Waals surface area contributed by atoms with Gasteiger partial charge in [-0.25, -0.2) is 4.98 Å². The van der Waals surface area contributed by atoms with E-state index < -0.39 is 0 Å². The van der Waals surface area contributed by atoms with E-state index in [9.17, 15) is 4.79 Å². The van der Waals surface area contributed by atoms with Crippen molar-refractivity contribution in [2.45, 2.75) is 33.1 Å². The summed E-state index contributed by atoms with van der Waals surface area (Å²) in [7, 11) is 0. The van der Waals surface area contributed by atoms with Crippen LogP contribution >= 0.6 is 0 Å². The van der Waals surface area contributed by atoms with Gasteiger partial charge in [0.05, 0.1) is 0 Å². The normalized spacial score (nSPS) is 10.3. The molecule has 0 radical (unpaired) electrons. The predicted octanol–water partition coefficient (Wildman–Crippen LogP) is 2.45. The second kappa shape index (κ2) is 10.2. The molecule has 20 heavy (non-hydrogen) atoms. The van der Waals surface area contributed by atoms with Crippen LogP contribution < -0.4 is 10.6 Å². The van der Waals surface area contributed by atoms with Gasteiger partial charge in [0, 0.05) is 26.3 Å². The van der Waals surface area contributed by atoms with Crippen molar-refractivity contribution >= 4 is 11.7 Å². The van der Waals surface area contributed by atoms with E-state index in [1.54, 1.807) is 6.07 Å². The van der Waals surface area contributed by atoms with Crippen LogP contribution in [0.15, 0.2) is 18.2 Å². The van der Waals surface area contributed by atoms with Crippen molar-refractivity contribution in [3.05, 3.63) is 23.9 Å². The van der Waals surface area contributed by atoms with Crippen LogP contribution in [0.2, 0.25) is 0 Å². The molecule has 112 valence electrons. The third kappa shape index (κ3) is 6.52. The number of carbonyl (C=O) groups excluding carboxylic acids is 1. The molecule has 0 aromatic carbocycles. The molecule has 1 rings (SSSR count). The summed E-state index contributed by atoms with van der Waals surface area (Å²) in [6.07, 6.45) is 2.86. The van der Waals surface area contributed by atoms with E-state index in [4.69, 9.17) is 4.74 Å². The minimum Gasteiger partial charge on any atom is -0.381 e. The van der Waals surface area contributed by atoms with E-state index >= 15 is 0 Å². The molecule has 1 aromatic heterocycles. The van der Waals surface area contributed by atoms with Crippen LogP contribution in [0.5, 0.6) is 0 Å².